The Morgan fingerprint density at radius 3 is 2.43 bits per heavy atom. The summed E-state index contributed by atoms with van der Waals surface area (Å²) in [6, 6.07) is 12.7. The number of nitrogens with zero attached hydrogens (tertiary/aromatic N) is 1. The van der Waals surface area contributed by atoms with Crippen LogP contribution >= 0.6 is 0 Å². The van der Waals surface area contributed by atoms with Crippen LogP contribution in [0.25, 0.3) is 0 Å². The number of phenols is 1. The third-order valence-electron chi connectivity index (χ3n) is 3.31. The van der Waals surface area contributed by atoms with Crippen molar-refractivity contribution in [3.05, 3.63) is 59.2 Å². The predicted molar refractivity (Wildman–Crippen MR) is 84.6 cm³/mol. The van der Waals surface area contributed by atoms with Gasteiger partial charge in [0.05, 0.1) is 0 Å². The van der Waals surface area contributed by atoms with E-state index in [0.29, 0.717) is 12.1 Å². The van der Waals surface area contributed by atoms with Gasteiger partial charge in [-0.05, 0) is 42.3 Å². The first kappa shape index (κ1) is 14.9. The molecule has 4 nitrogen and oxygen atoms in total. The molecular weight excluding hydrogens is 264 g/mol. The van der Waals surface area contributed by atoms with Gasteiger partial charge >= 0.3 is 0 Å². The molecule has 21 heavy (non-hydrogen) atoms. The second kappa shape index (κ2) is 6.31. The Morgan fingerprint density at radius 1 is 1.14 bits per heavy atom. The zero-order valence-corrected chi connectivity index (χ0v) is 12.6. The highest BCUT2D eigenvalue weighted by atomic mass is 16.3. The summed E-state index contributed by atoms with van der Waals surface area (Å²) < 4.78 is 0. The SMILES string of the molecule is Cc1ccc(C(=O)N(C)C)cc1NCc1ccc(O)cc1. The van der Waals surface area contributed by atoms with E-state index in [-0.39, 0.29) is 11.7 Å². The first-order valence-electron chi connectivity index (χ1n) is 6.81. The van der Waals surface area contributed by atoms with Crippen LogP contribution < -0.4 is 5.32 Å². The van der Waals surface area contributed by atoms with Crippen LogP contribution in [0.2, 0.25) is 0 Å². The van der Waals surface area contributed by atoms with Crippen LogP contribution in [0.5, 0.6) is 5.75 Å². The Labute approximate surface area is 125 Å². The molecule has 0 aliphatic heterocycles. The minimum atomic E-state index is -0.0114. The van der Waals surface area contributed by atoms with Gasteiger partial charge < -0.3 is 15.3 Å². The van der Waals surface area contributed by atoms with E-state index >= 15 is 0 Å². The molecule has 2 rings (SSSR count). The zero-order chi connectivity index (χ0) is 15.4. The van der Waals surface area contributed by atoms with Crippen molar-refractivity contribution in [2.45, 2.75) is 13.5 Å². The van der Waals surface area contributed by atoms with Crippen LogP contribution in [0.1, 0.15) is 21.5 Å². The molecule has 2 aromatic rings. The number of anilines is 1. The fourth-order valence-corrected chi connectivity index (χ4v) is 2.01. The van der Waals surface area contributed by atoms with Crippen molar-refractivity contribution in [3.8, 4) is 5.75 Å². The van der Waals surface area contributed by atoms with Crippen LogP contribution in [0.4, 0.5) is 5.69 Å². The minimum Gasteiger partial charge on any atom is -0.508 e. The monoisotopic (exact) mass is 284 g/mol. The molecule has 0 atom stereocenters. The number of rotatable bonds is 4. The van der Waals surface area contributed by atoms with Gasteiger partial charge in [-0.15, -0.1) is 0 Å². The molecule has 0 saturated carbocycles. The summed E-state index contributed by atoms with van der Waals surface area (Å²) in [6.07, 6.45) is 0. The number of benzene rings is 2. The van der Waals surface area contributed by atoms with E-state index in [9.17, 15) is 9.90 Å². The van der Waals surface area contributed by atoms with Gasteiger partial charge in [0.2, 0.25) is 0 Å². The molecular formula is C17H20N2O2. The smallest absolute Gasteiger partial charge is 0.253 e. The van der Waals surface area contributed by atoms with Gasteiger partial charge in [-0.25, -0.2) is 0 Å². The summed E-state index contributed by atoms with van der Waals surface area (Å²) in [7, 11) is 3.48. The first-order valence-corrected chi connectivity index (χ1v) is 6.81. The van der Waals surface area contributed by atoms with Gasteiger partial charge in [-0.1, -0.05) is 18.2 Å². The number of amides is 1. The van der Waals surface area contributed by atoms with E-state index in [0.717, 1.165) is 16.8 Å². The standard InChI is InChI=1S/C17H20N2O2/c1-12-4-7-14(17(21)19(2)3)10-16(12)18-11-13-5-8-15(20)9-6-13/h4-10,18,20H,11H2,1-3H3. The summed E-state index contributed by atoms with van der Waals surface area (Å²) in [5.41, 5.74) is 3.76. The minimum absolute atomic E-state index is 0.0114. The number of aryl methyl sites for hydroxylation is 1. The second-order valence-corrected chi connectivity index (χ2v) is 5.25. The topological polar surface area (TPSA) is 52.6 Å². The van der Waals surface area contributed by atoms with E-state index in [4.69, 9.17) is 0 Å². The molecule has 0 aromatic heterocycles. The Morgan fingerprint density at radius 2 is 1.81 bits per heavy atom. The molecule has 0 unspecified atom stereocenters. The van der Waals surface area contributed by atoms with Crippen LogP contribution in [0.15, 0.2) is 42.5 Å². The van der Waals surface area contributed by atoms with Crippen molar-refractivity contribution in [2.24, 2.45) is 0 Å². The highest BCUT2D eigenvalue weighted by Crippen LogP contribution is 2.19. The van der Waals surface area contributed by atoms with Crippen molar-refractivity contribution >= 4 is 11.6 Å². The van der Waals surface area contributed by atoms with Gasteiger partial charge in [0, 0.05) is 31.9 Å². The molecule has 4 heteroatoms. The van der Waals surface area contributed by atoms with Crippen molar-refractivity contribution in [1.29, 1.82) is 0 Å². The van der Waals surface area contributed by atoms with Crippen LogP contribution in [-0.2, 0) is 6.54 Å². The summed E-state index contributed by atoms with van der Waals surface area (Å²) >= 11 is 0. The Hall–Kier alpha value is -2.49. The predicted octanol–water partition coefficient (Wildman–Crippen LogP) is 3.01. The molecule has 2 aromatic carbocycles. The lowest BCUT2D eigenvalue weighted by Crippen LogP contribution is -2.21. The molecule has 1 amide bonds. The maximum absolute atomic E-state index is 12.0. The number of carbonyl (C=O) groups is 1. The molecule has 0 spiro atoms. The normalized spacial score (nSPS) is 10.2. The van der Waals surface area contributed by atoms with Crippen LogP contribution in [0.3, 0.4) is 0 Å². The highest BCUT2D eigenvalue weighted by molar-refractivity contribution is 5.95. The molecule has 0 radical (unpaired) electrons. The van der Waals surface area contributed by atoms with E-state index in [2.05, 4.69) is 5.32 Å². The summed E-state index contributed by atoms with van der Waals surface area (Å²) in [5.74, 6) is 0.246. The Bertz CT molecular complexity index is 634. The molecule has 2 N–H and O–H groups in total. The summed E-state index contributed by atoms with van der Waals surface area (Å²) in [5, 5.41) is 12.6. The van der Waals surface area contributed by atoms with E-state index in [1.54, 1.807) is 31.1 Å². The van der Waals surface area contributed by atoms with Crippen LogP contribution in [-0.4, -0.2) is 30.0 Å². The number of hydrogen-bond donors (Lipinski definition) is 2. The Balaban J connectivity index is 2.14. The molecule has 0 fully saturated rings. The van der Waals surface area contributed by atoms with Gasteiger partial charge in [0.1, 0.15) is 5.75 Å². The maximum atomic E-state index is 12.0. The summed E-state index contributed by atoms with van der Waals surface area (Å²) in [6.45, 7) is 2.64. The van der Waals surface area contributed by atoms with E-state index in [1.807, 2.05) is 37.3 Å². The molecule has 110 valence electrons. The highest BCUT2D eigenvalue weighted by Gasteiger charge is 2.09. The van der Waals surface area contributed by atoms with Gasteiger partial charge in [0.15, 0.2) is 0 Å². The number of carbonyl (C=O) groups excluding carboxylic acids is 1. The lowest BCUT2D eigenvalue weighted by atomic mass is 10.1. The zero-order valence-electron chi connectivity index (χ0n) is 12.6. The summed E-state index contributed by atoms with van der Waals surface area (Å²) in [4.78, 5) is 13.6. The lowest BCUT2D eigenvalue weighted by molar-refractivity contribution is 0.0827. The molecule has 0 bridgehead atoms. The molecule has 0 aliphatic carbocycles. The van der Waals surface area contributed by atoms with Crippen molar-refractivity contribution in [3.63, 3.8) is 0 Å². The van der Waals surface area contributed by atoms with Crippen LogP contribution in [0, 0.1) is 6.92 Å². The molecule has 0 aliphatic rings. The number of phenolic OH excluding ortho intramolecular Hbond substituents is 1. The van der Waals surface area contributed by atoms with Gasteiger partial charge in [-0.3, -0.25) is 4.79 Å². The average Bonchev–Trinajstić information content (AvgIpc) is 2.47. The number of nitrogens with one attached hydrogen (secondary N) is 1. The maximum Gasteiger partial charge on any atom is 0.253 e. The fourth-order valence-electron chi connectivity index (χ4n) is 2.01. The molecule has 0 heterocycles. The molecule has 0 saturated heterocycles. The first-order chi connectivity index (χ1) is 9.97. The van der Waals surface area contributed by atoms with Gasteiger partial charge in [0.25, 0.3) is 5.91 Å². The fraction of sp³-hybridized carbons (Fsp3) is 0.235. The Kier molecular flexibility index (Phi) is 4.48. The van der Waals surface area contributed by atoms with E-state index < -0.39 is 0 Å². The van der Waals surface area contributed by atoms with Crippen molar-refractivity contribution in [1.82, 2.24) is 4.90 Å². The third kappa shape index (κ3) is 3.75. The largest absolute Gasteiger partial charge is 0.508 e. The third-order valence-corrected chi connectivity index (χ3v) is 3.31. The second-order valence-electron chi connectivity index (χ2n) is 5.25. The van der Waals surface area contributed by atoms with E-state index in [1.165, 1.54) is 0 Å². The quantitative estimate of drug-likeness (QED) is 0.907. The number of hydrogen-bond acceptors (Lipinski definition) is 3. The van der Waals surface area contributed by atoms with Crippen molar-refractivity contribution in [2.75, 3.05) is 19.4 Å². The lowest BCUT2D eigenvalue weighted by Gasteiger charge is -2.14. The van der Waals surface area contributed by atoms with Gasteiger partial charge in [-0.2, -0.15) is 0 Å². The number of aromatic hydroxyl groups is 1. The average molecular weight is 284 g/mol. The van der Waals surface area contributed by atoms with Crippen molar-refractivity contribution < 1.29 is 9.90 Å².